The molecule has 0 bridgehead atoms. The Morgan fingerprint density at radius 3 is 2.74 bits per heavy atom. The molecule has 0 atom stereocenters. The van der Waals surface area contributed by atoms with Crippen molar-refractivity contribution in [3.63, 3.8) is 0 Å². The van der Waals surface area contributed by atoms with Gasteiger partial charge >= 0.3 is 5.97 Å². The molecule has 2 aromatic carbocycles. The van der Waals surface area contributed by atoms with Crippen LogP contribution in [0.1, 0.15) is 42.6 Å². The van der Waals surface area contributed by atoms with Crippen LogP contribution in [-0.2, 0) is 16.1 Å². The number of aryl methyl sites for hydroxylation is 1. The first-order valence-electron chi connectivity index (χ1n) is 10.2. The summed E-state index contributed by atoms with van der Waals surface area (Å²) in [6, 6.07) is 10.6. The Balaban J connectivity index is 2.03. The molecule has 6 nitrogen and oxygen atoms in total. The van der Waals surface area contributed by atoms with Gasteiger partial charge in [-0.2, -0.15) is 4.99 Å². The van der Waals surface area contributed by atoms with Crippen molar-refractivity contribution in [3.8, 4) is 5.75 Å². The number of carbonyl (C=O) groups excluding carboxylic acids is 2. The van der Waals surface area contributed by atoms with Crippen LogP contribution in [0.5, 0.6) is 5.75 Å². The Kier molecular flexibility index (Phi) is 7.87. The molecule has 0 saturated heterocycles. The van der Waals surface area contributed by atoms with Crippen LogP contribution in [0.15, 0.2) is 41.4 Å². The first kappa shape index (κ1) is 23.0. The Morgan fingerprint density at radius 2 is 2.00 bits per heavy atom. The average molecular weight is 461 g/mol. The number of benzene rings is 2. The van der Waals surface area contributed by atoms with Crippen LogP contribution in [0, 0.1) is 6.92 Å². The average Bonchev–Trinajstić information content (AvgIpc) is 3.09. The molecule has 3 aromatic rings. The Hall–Kier alpha value is -2.64. The summed E-state index contributed by atoms with van der Waals surface area (Å²) < 4.78 is 13.4. The monoisotopic (exact) mass is 460 g/mol. The number of hydrogen-bond acceptors (Lipinski definition) is 5. The van der Waals surface area contributed by atoms with E-state index >= 15 is 0 Å². The maximum absolute atomic E-state index is 12.9. The van der Waals surface area contributed by atoms with Crippen molar-refractivity contribution in [2.45, 2.75) is 40.2 Å². The van der Waals surface area contributed by atoms with E-state index in [1.807, 2.05) is 19.1 Å². The number of fused-ring (bicyclic) bond motifs is 1. The second-order valence-corrected chi connectivity index (χ2v) is 8.36. The van der Waals surface area contributed by atoms with Crippen molar-refractivity contribution in [2.24, 2.45) is 4.99 Å². The number of carbonyl (C=O) groups is 2. The third kappa shape index (κ3) is 5.54. The maximum atomic E-state index is 12.9. The number of esters is 1. The molecule has 164 valence electrons. The van der Waals surface area contributed by atoms with Gasteiger partial charge in [0.2, 0.25) is 0 Å². The van der Waals surface area contributed by atoms with Crippen LogP contribution in [0.4, 0.5) is 0 Å². The highest BCUT2D eigenvalue weighted by atomic mass is 35.5. The third-order valence-corrected chi connectivity index (χ3v) is 6.12. The molecule has 1 aromatic heterocycles. The molecule has 0 radical (unpaired) electrons. The van der Waals surface area contributed by atoms with E-state index in [1.54, 1.807) is 35.8 Å². The quantitative estimate of drug-likeness (QED) is 0.344. The van der Waals surface area contributed by atoms with E-state index in [2.05, 4.69) is 11.9 Å². The SMILES string of the molecule is CCCCOc1cccc(C(=O)N=c2sc3ccc(Cl)c(C)c3n2CC(=O)OCC)c1. The highest BCUT2D eigenvalue weighted by Gasteiger charge is 2.16. The largest absolute Gasteiger partial charge is 0.494 e. The van der Waals surface area contributed by atoms with Gasteiger partial charge in [0, 0.05) is 10.6 Å². The van der Waals surface area contributed by atoms with Gasteiger partial charge in [-0.05, 0) is 56.2 Å². The van der Waals surface area contributed by atoms with Crippen molar-refractivity contribution in [3.05, 3.63) is 57.3 Å². The molecule has 8 heteroatoms. The lowest BCUT2D eigenvalue weighted by atomic mass is 10.2. The molecule has 31 heavy (non-hydrogen) atoms. The fourth-order valence-corrected chi connectivity index (χ4v) is 4.33. The molecular weight excluding hydrogens is 436 g/mol. The smallest absolute Gasteiger partial charge is 0.326 e. The molecule has 0 saturated carbocycles. The number of amides is 1. The summed E-state index contributed by atoms with van der Waals surface area (Å²) in [5.74, 6) is -0.177. The highest BCUT2D eigenvalue weighted by molar-refractivity contribution is 7.16. The van der Waals surface area contributed by atoms with Crippen LogP contribution in [0.2, 0.25) is 5.02 Å². The zero-order chi connectivity index (χ0) is 22.4. The first-order valence-corrected chi connectivity index (χ1v) is 11.4. The van der Waals surface area contributed by atoms with Crippen molar-refractivity contribution in [1.29, 1.82) is 0 Å². The molecule has 0 spiro atoms. The van der Waals surface area contributed by atoms with Gasteiger partial charge in [-0.1, -0.05) is 42.3 Å². The molecular formula is C23H25ClN2O4S. The second-order valence-electron chi connectivity index (χ2n) is 6.94. The molecule has 0 N–H and O–H groups in total. The Bertz CT molecular complexity index is 1170. The molecule has 0 aliphatic heterocycles. The van der Waals surface area contributed by atoms with E-state index in [0.29, 0.717) is 27.7 Å². The molecule has 3 rings (SSSR count). The molecule has 1 amide bonds. The van der Waals surface area contributed by atoms with Crippen LogP contribution in [-0.4, -0.2) is 29.7 Å². The Labute approximate surface area is 190 Å². The zero-order valence-corrected chi connectivity index (χ0v) is 19.4. The molecule has 0 unspecified atom stereocenters. The molecule has 1 heterocycles. The number of ether oxygens (including phenoxy) is 2. The maximum Gasteiger partial charge on any atom is 0.326 e. The van der Waals surface area contributed by atoms with Gasteiger partial charge in [0.1, 0.15) is 12.3 Å². The lowest BCUT2D eigenvalue weighted by Gasteiger charge is -2.08. The van der Waals surface area contributed by atoms with Crippen molar-refractivity contribution in [2.75, 3.05) is 13.2 Å². The van der Waals surface area contributed by atoms with E-state index < -0.39 is 11.9 Å². The summed E-state index contributed by atoms with van der Waals surface area (Å²) >= 11 is 7.63. The number of hydrogen-bond donors (Lipinski definition) is 0. The summed E-state index contributed by atoms with van der Waals surface area (Å²) in [7, 11) is 0. The minimum atomic E-state index is -0.408. The van der Waals surface area contributed by atoms with Gasteiger partial charge in [0.05, 0.1) is 23.4 Å². The van der Waals surface area contributed by atoms with E-state index in [4.69, 9.17) is 21.1 Å². The van der Waals surface area contributed by atoms with Crippen LogP contribution in [0.3, 0.4) is 0 Å². The number of rotatable bonds is 8. The van der Waals surface area contributed by atoms with E-state index in [9.17, 15) is 9.59 Å². The normalized spacial score (nSPS) is 11.7. The van der Waals surface area contributed by atoms with Crippen molar-refractivity contribution < 1.29 is 19.1 Å². The fraction of sp³-hybridized carbons (Fsp3) is 0.348. The standard InChI is InChI=1S/C23H25ClN2O4S/c1-4-6-12-30-17-9-7-8-16(13-17)22(28)25-23-26(14-20(27)29-5-2)21-15(3)18(24)10-11-19(21)31-23/h7-11,13H,4-6,12,14H2,1-3H3. The summed E-state index contributed by atoms with van der Waals surface area (Å²) in [6.07, 6.45) is 1.98. The van der Waals surface area contributed by atoms with Crippen molar-refractivity contribution in [1.82, 2.24) is 4.57 Å². The number of unbranched alkanes of at least 4 members (excludes halogenated alkanes) is 1. The molecule has 0 aliphatic carbocycles. The lowest BCUT2D eigenvalue weighted by Crippen LogP contribution is -2.23. The first-order chi connectivity index (χ1) is 14.9. The Morgan fingerprint density at radius 1 is 1.19 bits per heavy atom. The number of aromatic nitrogens is 1. The third-order valence-electron chi connectivity index (χ3n) is 4.67. The van der Waals surface area contributed by atoms with Gasteiger partial charge in [0.15, 0.2) is 4.80 Å². The van der Waals surface area contributed by atoms with Gasteiger partial charge in [-0.25, -0.2) is 0 Å². The minimum Gasteiger partial charge on any atom is -0.494 e. The summed E-state index contributed by atoms with van der Waals surface area (Å²) in [6.45, 7) is 6.54. The van der Waals surface area contributed by atoms with Gasteiger partial charge in [-0.15, -0.1) is 0 Å². The van der Waals surface area contributed by atoms with Crippen LogP contribution < -0.4 is 9.54 Å². The molecule has 0 aliphatic rings. The topological polar surface area (TPSA) is 69.9 Å². The minimum absolute atomic E-state index is 0.0543. The number of halogens is 1. The van der Waals surface area contributed by atoms with Crippen molar-refractivity contribution >= 4 is 45.0 Å². The van der Waals surface area contributed by atoms with E-state index in [0.717, 1.165) is 28.6 Å². The summed E-state index contributed by atoms with van der Waals surface area (Å²) in [4.78, 5) is 29.9. The summed E-state index contributed by atoms with van der Waals surface area (Å²) in [5, 5.41) is 0.581. The van der Waals surface area contributed by atoms with Gasteiger partial charge < -0.3 is 14.0 Å². The fourth-order valence-electron chi connectivity index (χ4n) is 3.09. The lowest BCUT2D eigenvalue weighted by molar-refractivity contribution is -0.143. The predicted molar refractivity (Wildman–Crippen MR) is 123 cm³/mol. The number of nitrogens with zero attached hydrogens (tertiary/aromatic N) is 2. The predicted octanol–water partition coefficient (Wildman–Crippen LogP) is 5.15. The zero-order valence-electron chi connectivity index (χ0n) is 17.8. The van der Waals surface area contributed by atoms with E-state index in [-0.39, 0.29) is 13.2 Å². The van der Waals surface area contributed by atoms with Gasteiger partial charge in [-0.3, -0.25) is 9.59 Å². The molecule has 0 fully saturated rings. The summed E-state index contributed by atoms with van der Waals surface area (Å²) in [5.41, 5.74) is 2.01. The second kappa shape index (κ2) is 10.6. The number of thiazole rings is 1. The van der Waals surface area contributed by atoms with Crippen LogP contribution in [0.25, 0.3) is 10.2 Å². The van der Waals surface area contributed by atoms with Gasteiger partial charge in [0.25, 0.3) is 5.91 Å². The van der Waals surface area contributed by atoms with Crippen LogP contribution >= 0.6 is 22.9 Å². The van der Waals surface area contributed by atoms with E-state index in [1.165, 1.54) is 11.3 Å². The highest BCUT2D eigenvalue weighted by Crippen LogP contribution is 2.27.